The van der Waals surface area contributed by atoms with Crippen LogP contribution in [-0.4, -0.2) is 19.8 Å². The van der Waals surface area contributed by atoms with E-state index < -0.39 is 0 Å². The molecule has 0 aliphatic rings. The van der Waals surface area contributed by atoms with Crippen LogP contribution in [0, 0.1) is 0 Å². The van der Waals surface area contributed by atoms with Gasteiger partial charge in [-0.05, 0) is 37.5 Å². The van der Waals surface area contributed by atoms with Gasteiger partial charge >= 0.3 is 0 Å². The topological polar surface area (TPSA) is 21.3 Å². The highest BCUT2D eigenvalue weighted by molar-refractivity contribution is 5.46. The minimum atomic E-state index is 0.456. The molecule has 1 N–H and O–H groups in total. The summed E-state index contributed by atoms with van der Waals surface area (Å²) in [5.41, 5.74) is 2.58. The highest BCUT2D eigenvalue weighted by atomic mass is 16.5. The number of hydrogen-bond acceptors (Lipinski definition) is 2. The lowest BCUT2D eigenvalue weighted by atomic mass is 10.1. The zero-order valence-electron chi connectivity index (χ0n) is 9.92. The summed E-state index contributed by atoms with van der Waals surface area (Å²) in [5, 5.41) is 3.47. The molecule has 2 heteroatoms. The van der Waals surface area contributed by atoms with E-state index >= 15 is 0 Å². The number of ether oxygens (including phenoxy) is 1. The normalized spacial score (nSPS) is 12.5. The maximum absolute atomic E-state index is 5.06. The van der Waals surface area contributed by atoms with Crippen LogP contribution in [0.3, 0.4) is 0 Å². The number of methoxy groups -OCH3 is 1. The lowest BCUT2D eigenvalue weighted by Crippen LogP contribution is -2.17. The fourth-order valence-corrected chi connectivity index (χ4v) is 1.53. The van der Waals surface area contributed by atoms with Crippen LogP contribution >= 0.6 is 0 Å². The minimum absolute atomic E-state index is 0.456. The number of rotatable bonds is 6. The molecule has 1 rings (SSSR count). The van der Waals surface area contributed by atoms with Crippen molar-refractivity contribution >= 4 is 5.69 Å². The molecule has 1 unspecified atom stereocenters. The van der Waals surface area contributed by atoms with Crippen molar-refractivity contribution in [3.05, 3.63) is 29.8 Å². The zero-order valence-corrected chi connectivity index (χ0v) is 9.92. The third-order valence-electron chi connectivity index (χ3n) is 2.50. The Morgan fingerprint density at radius 2 is 2.20 bits per heavy atom. The standard InChI is InChI=1S/C13H21NO/c1-4-12-6-5-7-13(10-12)14-11(2)8-9-15-3/h5-7,10-11,14H,4,8-9H2,1-3H3. The first kappa shape index (κ1) is 12.1. The zero-order chi connectivity index (χ0) is 11.1. The molecule has 1 atom stereocenters. The number of nitrogens with one attached hydrogen (secondary N) is 1. The van der Waals surface area contributed by atoms with Crippen molar-refractivity contribution in [2.45, 2.75) is 32.7 Å². The van der Waals surface area contributed by atoms with Crippen LogP contribution < -0.4 is 5.32 Å². The average molecular weight is 207 g/mol. The van der Waals surface area contributed by atoms with Crippen molar-refractivity contribution in [3.63, 3.8) is 0 Å². The molecule has 1 aromatic rings. The maximum Gasteiger partial charge on any atom is 0.0481 e. The Morgan fingerprint density at radius 3 is 2.87 bits per heavy atom. The monoisotopic (exact) mass is 207 g/mol. The van der Waals surface area contributed by atoms with Gasteiger partial charge in [0.15, 0.2) is 0 Å². The van der Waals surface area contributed by atoms with Gasteiger partial charge in [-0.15, -0.1) is 0 Å². The Hall–Kier alpha value is -1.02. The second-order valence-corrected chi connectivity index (χ2v) is 3.88. The molecule has 0 aliphatic carbocycles. The van der Waals surface area contributed by atoms with Crippen LogP contribution in [0.5, 0.6) is 0 Å². The van der Waals surface area contributed by atoms with E-state index in [0.717, 1.165) is 19.4 Å². The van der Waals surface area contributed by atoms with Gasteiger partial charge in [0.1, 0.15) is 0 Å². The van der Waals surface area contributed by atoms with Gasteiger partial charge < -0.3 is 10.1 Å². The van der Waals surface area contributed by atoms with Crippen LogP contribution in [-0.2, 0) is 11.2 Å². The highest BCUT2D eigenvalue weighted by Crippen LogP contribution is 2.13. The molecule has 0 saturated heterocycles. The molecule has 0 aromatic heterocycles. The van der Waals surface area contributed by atoms with Gasteiger partial charge in [0, 0.05) is 25.4 Å². The molecule has 1 aromatic carbocycles. The van der Waals surface area contributed by atoms with Crippen LogP contribution in [0.1, 0.15) is 25.8 Å². The van der Waals surface area contributed by atoms with Crippen molar-refractivity contribution in [1.82, 2.24) is 0 Å². The van der Waals surface area contributed by atoms with Gasteiger partial charge in [-0.3, -0.25) is 0 Å². The average Bonchev–Trinajstić information content (AvgIpc) is 2.26. The van der Waals surface area contributed by atoms with Crippen LogP contribution in [0.4, 0.5) is 5.69 Å². The molecule has 0 radical (unpaired) electrons. The smallest absolute Gasteiger partial charge is 0.0481 e. The Balaban J connectivity index is 2.48. The van der Waals surface area contributed by atoms with E-state index in [9.17, 15) is 0 Å². The Morgan fingerprint density at radius 1 is 1.40 bits per heavy atom. The molecule has 0 bridgehead atoms. The first-order valence-corrected chi connectivity index (χ1v) is 5.60. The molecule has 15 heavy (non-hydrogen) atoms. The summed E-state index contributed by atoms with van der Waals surface area (Å²) in [6, 6.07) is 9.04. The van der Waals surface area contributed by atoms with E-state index in [2.05, 4.69) is 43.4 Å². The predicted octanol–water partition coefficient (Wildman–Crippen LogP) is 3.09. The van der Waals surface area contributed by atoms with Crippen LogP contribution in [0.2, 0.25) is 0 Å². The number of anilines is 1. The van der Waals surface area contributed by atoms with E-state index in [1.807, 2.05) is 0 Å². The van der Waals surface area contributed by atoms with E-state index in [1.165, 1.54) is 11.3 Å². The SMILES string of the molecule is CCc1cccc(NC(C)CCOC)c1. The summed E-state index contributed by atoms with van der Waals surface area (Å²) in [6.07, 6.45) is 2.12. The molecular formula is C13H21NO. The lowest BCUT2D eigenvalue weighted by Gasteiger charge is -2.15. The molecule has 84 valence electrons. The molecule has 0 fully saturated rings. The summed E-state index contributed by atoms with van der Waals surface area (Å²) in [6.45, 7) is 5.16. The first-order valence-electron chi connectivity index (χ1n) is 5.60. The van der Waals surface area contributed by atoms with Crippen molar-refractivity contribution in [1.29, 1.82) is 0 Å². The van der Waals surface area contributed by atoms with Crippen molar-refractivity contribution in [3.8, 4) is 0 Å². The largest absolute Gasteiger partial charge is 0.385 e. The van der Waals surface area contributed by atoms with Gasteiger partial charge in [-0.25, -0.2) is 0 Å². The molecule has 0 amide bonds. The summed E-state index contributed by atoms with van der Waals surface area (Å²) in [5.74, 6) is 0. The fourth-order valence-electron chi connectivity index (χ4n) is 1.53. The molecular weight excluding hydrogens is 186 g/mol. The van der Waals surface area contributed by atoms with Crippen LogP contribution in [0.15, 0.2) is 24.3 Å². The Bertz CT molecular complexity index is 286. The van der Waals surface area contributed by atoms with E-state index in [-0.39, 0.29) is 0 Å². The predicted molar refractivity (Wildman–Crippen MR) is 65.4 cm³/mol. The molecule has 0 heterocycles. The summed E-state index contributed by atoms with van der Waals surface area (Å²) in [4.78, 5) is 0. The maximum atomic E-state index is 5.06. The van der Waals surface area contributed by atoms with Crippen molar-refractivity contribution in [2.75, 3.05) is 19.0 Å². The molecule has 0 saturated carbocycles. The third-order valence-corrected chi connectivity index (χ3v) is 2.50. The second kappa shape index (κ2) is 6.46. The quantitative estimate of drug-likeness (QED) is 0.774. The Labute approximate surface area is 92.6 Å². The third kappa shape index (κ3) is 4.34. The van der Waals surface area contributed by atoms with Crippen molar-refractivity contribution < 1.29 is 4.74 Å². The highest BCUT2D eigenvalue weighted by Gasteiger charge is 2.01. The number of benzene rings is 1. The van der Waals surface area contributed by atoms with Gasteiger partial charge in [-0.1, -0.05) is 19.1 Å². The van der Waals surface area contributed by atoms with Gasteiger partial charge in [-0.2, -0.15) is 0 Å². The lowest BCUT2D eigenvalue weighted by molar-refractivity contribution is 0.191. The summed E-state index contributed by atoms with van der Waals surface area (Å²) < 4.78 is 5.06. The second-order valence-electron chi connectivity index (χ2n) is 3.88. The van der Waals surface area contributed by atoms with Gasteiger partial charge in [0.05, 0.1) is 0 Å². The molecule has 0 aliphatic heterocycles. The number of aryl methyl sites for hydroxylation is 1. The summed E-state index contributed by atoms with van der Waals surface area (Å²) >= 11 is 0. The van der Waals surface area contributed by atoms with E-state index in [1.54, 1.807) is 7.11 Å². The van der Waals surface area contributed by atoms with E-state index in [0.29, 0.717) is 6.04 Å². The molecule has 2 nitrogen and oxygen atoms in total. The number of hydrogen-bond donors (Lipinski definition) is 1. The van der Waals surface area contributed by atoms with Crippen LogP contribution in [0.25, 0.3) is 0 Å². The van der Waals surface area contributed by atoms with E-state index in [4.69, 9.17) is 4.74 Å². The first-order chi connectivity index (χ1) is 7.26. The fraction of sp³-hybridized carbons (Fsp3) is 0.538. The van der Waals surface area contributed by atoms with Gasteiger partial charge in [0.2, 0.25) is 0 Å². The summed E-state index contributed by atoms with van der Waals surface area (Å²) in [7, 11) is 1.74. The van der Waals surface area contributed by atoms with Crippen molar-refractivity contribution in [2.24, 2.45) is 0 Å². The van der Waals surface area contributed by atoms with Gasteiger partial charge in [0.25, 0.3) is 0 Å². The molecule has 0 spiro atoms. The Kier molecular flexibility index (Phi) is 5.19. The minimum Gasteiger partial charge on any atom is -0.385 e.